The van der Waals surface area contributed by atoms with Crippen LogP contribution in [0.5, 0.6) is 5.88 Å². The molecule has 0 aliphatic heterocycles. The van der Waals surface area contributed by atoms with Crippen LogP contribution in [0.4, 0.5) is 0 Å². The van der Waals surface area contributed by atoms with Gasteiger partial charge < -0.3 is 15.5 Å². The fourth-order valence-corrected chi connectivity index (χ4v) is 2.47. The molecule has 0 saturated heterocycles. The van der Waals surface area contributed by atoms with Gasteiger partial charge in [0.25, 0.3) is 11.5 Å². The van der Waals surface area contributed by atoms with E-state index in [-0.39, 0.29) is 18.5 Å². The summed E-state index contributed by atoms with van der Waals surface area (Å²) in [6.45, 7) is 0.163. The lowest BCUT2D eigenvalue weighted by atomic mass is 10.1. The first-order chi connectivity index (χ1) is 14.4. The quantitative estimate of drug-likeness (QED) is 0.541. The maximum absolute atomic E-state index is 12.5. The van der Waals surface area contributed by atoms with Crippen LogP contribution in [0.2, 0.25) is 0 Å². The van der Waals surface area contributed by atoms with E-state index in [2.05, 4.69) is 27.2 Å². The van der Waals surface area contributed by atoms with Crippen molar-refractivity contribution in [1.82, 2.24) is 19.9 Å². The molecule has 30 heavy (non-hydrogen) atoms. The Labute approximate surface area is 170 Å². The molecule has 3 N–H and O–H groups in total. The largest absolute Gasteiger partial charge is 0.492 e. The van der Waals surface area contributed by atoms with Crippen molar-refractivity contribution < 1.29 is 19.8 Å². The van der Waals surface area contributed by atoms with E-state index in [1.807, 2.05) is 0 Å². The van der Waals surface area contributed by atoms with Crippen LogP contribution in [0.1, 0.15) is 32.0 Å². The van der Waals surface area contributed by atoms with Crippen molar-refractivity contribution in [3.8, 4) is 17.8 Å². The number of hydrogen-bond donors (Lipinski definition) is 3. The highest BCUT2D eigenvalue weighted by molar-refractivity contribution is 5.92. The average molecular weight is 404 g/mol. The van der Waals surface area contributed by atoms with Gasteiger partial charge in [-0.1, -0.05) is 18.1 Å². The number of carbonyl (C=O) groups excluding carboxylic acids is 1. The van der Waals surface area contributed by atoms with Crippen molar-refractivity contribution in [3.63, 3.8) is 0 Å². The molecule has 2 aromatic heterocycles. The summed E-state index contributed by atoms with van der Waals surface area (Å²) >= 11 is 0. The molecular formula is C21H16N4O5. The standard InChI is InChI=1S/C21H16N4O5/c26-17-13-25(11-1-2-14-3-5-16(6-4-14)21(29)30)20(28)18(24-17)19(27)23-12-15-7-9-22-10-8-15/h3-10,13,26H,2,12H2,(H,23,27)(H,29,30). The van der Waals surface area contributed by atoms with Crippen LogP contribution in [0.25, 0.3) is 0 Å². The summed E-state index contributed by atoms with van der Waals surface area (Å²) < 4.78 is 0.884. The highest BCUT2D eigenvalue weighted by Gasteiger charge is 2.15. The fourth-order valence-electron chi connectivity index (χ4n) is 2.47. The lowest BCUT2D eigenvalue weighted by Gasteiger charge is -2.05. The van der Waals surface area contributed by atoms with Crippen molar-refractivity contribution >= 4 is 11.9 Å². The lowest BCUT2D eigenvalue weighted by Crippen LogP contribution is -2.33. The Morgan fingerprint density at radius 1 is 1.07 bits per heavy atom. The number of nitrogens with one attached hydrogen (secondary N) is 1. The number of aromatic hydroxyl groups is 1. The Morgan fingerprint density at radius 2 is 1.77 bits per heavy atom. The van der Waals surface area contributed by atoms with E-state index in [0.29, 0.717) is 0 Å². The molecule has 1 amide bonds. The van der Waals surface area contributed by atoms with Crippen molar-refractivity contribution in [2.75, 3.05) is 0 Å². The predicted molar refractivity (Wildman–Crippen MR) is 106 cm³/mol. The maximum Gasteiger partial charge on any atom is 0.335 e. The minimum Gasteiger partial charge on any atom is -0.492 e. The number of amides is 1. The van der Waals surface area contributed by atoms with E-state index in [4.69, 9.17) is 5.11 Å². The molecular weight excluding hydrogens is 388 g/mol. The van der Waals surface area contributed by atoms with Crippen LogP contribution >= 0.6 is 0 Å². The first kappa shape index (κ1) is 20.3. The van der Waals surface area contributed by atoms with Gasteiger partial charge in [0, 0.05) is 31.4 Å². The lowest BCUT2D eigenvalue weighted by molar-refractivity contribution is 0.0696. The van der Waals surface area contributed by atoms with Gasteiger partial charge in [-0.3, -0.25) is 14.6 Å². The summed E-state index contributed by atoms with van der Waals surface area (Å²) in [6, 6.07) is 12.1. The summed E-state index contributed by atoms with van der Waals surface area (Å²) in [5.41, 5.74) is 0.434. The zero-order valence-corrected chi connectivity index (χ0v) is 15.6. The number of aromatic carboxylic acids is 1. The highest BCUT2D eigenvalue weighted by Crippen LogP contribution is 2.05. The van der Waals surface area contributed by atoms with Gasteiger partial charge in [-0.2, -0.15) is 0 Å². The molecule has 0 aliphatic carbocycles. The zero-order chi connectivity index (χ0) is 21.5. The van der Waals surface area contributed by atoms with Crippen LogP contribution < -0.4 is 10.9 Å². The third kappa shape index (κ3) is 5.08. The van der Waals surface area contributed by atoms with Gasteiger partial charge in [-0.15, -0.1) is 0 Å². The number of pyridine rings is 1. The Kier molecular flexibility index (Phi) is 6.20. The van der Waals surface area contributed by atoms with Crippen molar-refractivity contribution in [2.24, 2.45) is 0 Å². The molecule has 0 fully saturated rings. The van der Waals surface area contributed by atoms with Crippen molar-refractivity contribution in [3.05, 3.63) is 87.7 Å². The predicted octanol–water partition coefficient (Wildman–Crippen LogP) is 1.02. The Morgan fingerprint density at radius 3 is 2.43 bits per heavy atom. The molecule has 3 aromatic rings. The summed E-state index contributed by atoms with van der Waals surface area (Å²) in [5, 5.41) is 21.2. The minimum atomic E-state index is -1.03. The van der Waals surface area contributed by atoms with Gasteiger partial charge in [0.15, 0.2) is 5.69 Å². The third-order valence-corrected chi connectivity index (χ3v) is 4.00. The second kappa shape index (κ2) is 9.16. The molecule has 0 saturated carbocycles. The van der Waals surface area contributed by atoms with Gasteiger partial charge in [-0.25, -0.2) is 14.3 Å². The first-order valence-corrected chi connectivity index (χ1v) is 8.75. The van der Waals surface area contributed by atoms with Crippen molar-refractivity contribution in [1.29, 1.82) is 0 Å². The highest BCUT2D eigenvalue weighted by atomic mass is 16.4. The van der Waals surface area contributed by atoms with Crippen LogP contribution in [-0.4, -0.2) is 36.6 Å². The van der Waals surface area contributed by atoms with Gasteiger partial charge >= 0.3 is 5.97 Å². The summed E-state index contributed by atoms with van der Waals surface area (Å²) in [6.07, 6.45) is 4.40. The number of nitrogens with zero attached hydrogens (tertiary/aromatic N) is 3. The first-order valence-electron chi connectivity index (χ1n) is 8.75. The summed E-state index contributed by atoms with van der Waals surface area (Å²) in [4.78, 5) is 43.2. The normalized spacial score (nSPS) is 10.0. The molecule has 0 atom stereocenters. The van der Waals surface area contributed by atoms with Gasteiger partial charge in [-0.05, 0) is 35.4 Å². The molecule has 2 heterocycles. The monoisotopic (exact) mass is 404 g/mol. The second-order valence-corrected chi connectivity index (χ2v) is 6.13. The van der Waals surface area contributed by atoms with E-state index in [1.54, 1.807) is 36.7 Å². The number of carbonyl (C=O) groups is 2. The zero-order valence-electron chi connectivity index (χ0n) is 15.6. The molecule has 0 bridgehead atoms. The molecule has 0 radical (unpaired) electrons. The molecule has 1 aromatic carbocycles. The van der Waals surface area contributed by atoms with Crippen LogP contribution in [0.15, 0.2) is 59.8 Å². The van der Waals surface area contributed by atoms with E-state index in [1.165, 1.54) is 12.1 Å². The topological polar surface area (TPSA) is 134 Å². The van der Waals surface area contributed by atoms with E-state index in [0.717, 1.165) is 21.9 Å². The van der Waals surface area contributed by atoms with Crippen LogP contribution in [0, 0.1) is 12.0 Å². The summed E-state index contributed by atoms with van der Waals surface area (Å²) in [7, 11) is 0. The van der Waals surface area contributed by atoms with Gasteiger partial charge in [0.2, 0.25) is 5.88 Å². The Bertz CT molecular complexity index is 1190. The third-order valence-electron chi connectivity index (χ3n) is 4.00. The second-order valence-electron chi connectivity index (χ2n) is 6.13. The minimum absolute atomic E-state index is 0.157. The SMILES string of the molecule is O=C(O)c1ccc(CC#Cn2cc(O)nc(C(=O)NCc3ccncc3)c2=O)cc1. The smallest absolute Gasteiger partial charge is 0.335 e. The summed E-state index contributed by atoms with van der Waals surface area (Å²) in [5.74, 6) is 0.453. The number of benzene rings is 1. The number of rotatable bonds is 5. The van der Waals surface area contributed by atoms with E-state index in [9.17, 15) is 19.5 Å². The van der Waals surface area contributed by atoms with Gasteiger partial charge in [0.1, 0.15) is 0 Å². The van der Waals surface area contributed by atoms with Crippen molar-refractivity contribution in [2.45, 2.75) is 13.0 Å². The van der Waals surface area contributed by atoms with E-state index >= 15 is 0 Å². The molecule has 0 unspecified atom stereocenters. The Hall–Kier alpha value is -4.45. The average Bonchev–Trinajstić information content (AvgIpc) is 2.75. The molecule has 0 aliphatic rings. The van der Waals surface area contributed by atoms with Gasteiger partial charge in [0.05, 0.1) is 11.8 Å². The number of carboxylic acids is 1. The van der Waals surface area contributed by atoms with Crippen LogP contribution in [-0.2, 0) is 13.0 Å². The fraction of sp³-hybridized carbons (Fsp3) is 0.0952. The van der Waals surface area contributed by atoms with E-state index < -0.39 is 29.0 Å². The molecule has 9 nitrogen and oxygen atoms in total. The molecule has 3 rings (SSSR count). The molecule has 9 heteroatoms. The number of aromatic nitrogens is 3. The Balaban J connectivity index is 1.74. The molecule has 0 spiro atoms. The molecule has 150 valence electrons. The number of carboxylic acid groups (broad SMARTS) is 1. The maximum atomic E-state index is 12.5. The number of hydrogen-bond acceptors (Lipinski definition) is 6. The van der Waals surface area contributed by atoms with Crippen LogP contribution in [0.3, 0.4) is 0 Å².